The molecule has 1 saturated heterocycles. The SMILES string of the molecule is CC(=O)N1CCN(c2nc3c(s2)CC(C(=O)Nc2ccc(F)cc2)CC3)CC1. The largest absolute Gasteiger partial charge is 0.345 e. The summed E-state index contributed by atoms with van der Waals surface area (Å²) < 4.78 is 13.0. The van der Waals surface area contributed by atoms with Gasteiger partial charge in [-0.3, -0.25) is 9.59 Å². The Labute approximate surface area is 167 Å². The van der Waals surface area contributed by atoms with E-state index >= 15 is 0 Å². The zero-order valence-electron chi connectivity index (χ0n) is 15.8. The lowest BCUT2D eigenvalue weighted by Crippen LogP contribution is -2.48. The van der Waals surface area contributed by atoms with E-state index in [4.69, 9.17) is 4.98 Å². The van der Waals surface area contributed by atoms with Crippen LogP contribution in [0.15, 0.2) is 24.3 Å². The molecule has 1 aliphatic carbocycles. The normalized spacial score (nSPS) is 19.3. The summed E-state index contributed by atoms with van der Waals surface area (Å²) in [5, 5.41) is 3.88. The van der Waals surface area contributed by atoms with Crippen molar-refractivity contribution in [3.8, 4) is 0 Å². The molecule has 0 bridgehead atoms. The Bertz CT molecular complexity index is 875. The van der Waals surface area contributed by atoms with Crippen LogP contribution in [0.5, 0.6) is 0 Å². The number of benzene rings is 1. The van der Waals surface area contributed by atoms with Crippen LogP contribution in [0.1, 0.15) is 23.9 Å². The van der Waals surface area contributed by atoms with Gasteiger partial charge in [-0.2, -0.15) is 0 Å². The van der Waals surface area contributed by atoms with Crippen LogP contribution in [0.4, 0.5) is 15.2 Å². The van der Waals surface area contributed by atoms with Crippen molar-refractivity contribution in [2.75, 3.05) is 36.4 Å². The van der Waals surface area contributed by atoms with Crippen molar-refractivity contribution in [3.63, 3.8) is 0 Å². The molecule has 148 valence electrons. The molecule has 2 heterocycles. The number of carbonyl (C=O) groups excluding carboxylic acids is 2. The van der Waals surface area contributed by atoms with E-state index in [0.717, 1.165) is 49.8 Å². The molecule has 0 radical (unpaired) electrons. The first-order valence-corrected chi connectivity index (χ1v) is 10.4. The van der Waals surface area contributed by atoms with E-state index < -0.39 is 0 Å². The molecule has 4 rings (SSSR count). The Balaban J connectivity index is 1.38. The lowest BCUT2D eigenvalue weighted by molar-refractivity contribution is -0.129. The van der Waals surface area contributed by atoms with E-state index in [2.05, 4.69) is 10.2 Å². The maximum Gasteiger partial charge on any atom is 0.227 e. The number of halogens is 1. The fourth-order valence-electron chi connectivity index (χ4n) is 3.71. The molecule has 28 heavy (non-hydrogen) atoms. The summed E-state index contributed by atoms with van der Waals surface area (Å²) in [6.07, 6.45) is 2.25. The van der Waals surface area contributed by atoms with Crippen LogP contribution in [0.25, 0.3) is 0 Å². The minimum absolute atomic E-state index is 0.0257. The van der Waals surface area contributed by atoms with Crippen molar-refractivity contribution >= 4 is 34.0 Å². The molecule has 1 aromatic heterocycles. The number of amides is 2. The van der Waals surface area contributed by atoms with Crippen LogP contribution in [0, 0.1) is 11.7 Å². The molecule has 2 aromatic rings. The monoisotopic (exact) mass is 402 g/mol. The number of nitrogens with one attached hydrogen (secondary N) is 1. The molecule has 0 spiro atoms. The third-order valence-corrected chi connectivity index (χ3v) is 6.59. The smallest absolute Gasteiger partial charge is 0.227 e. The molecule has 0 saturated carbocycles. The van der Waals surface area contributed by atoms with E-state index in [0.29, 0.717) is 12.1 Å². The van der Waals surface area contributed by atoms with Crippen molar-refractivity contribution in [2.24, 2.45) is 5.92 Å². The second-order valence-corrected chi connectivity index (χ2v) is 8.36. The minimum Gasteiger partial charge on any atom is -0.345 e. The van der Waals surface area contributed by atoms with Gasteiger partial charge < -0.3 is 15.1 Å². The summed E-state index contributed by atoms with van der Waals surface area (Å²) in [7, 11) is 0. The van der Waals surface area contributed by atoms with Gasteiger partial charge in [-0.25, -0.2) is 9.37 Å². The zero-order valence-corrected chi connectivity index (χ0v) is 16.6. The Hall–Kier alpha value is -2.48. The Morgan fingerprint density at radius 1 is 1.18 bits per heavy atom. The quantitative estimate of drug-likeness (QED) is 0.857. The highest BCUT2D eigenvalue weighted by Gasteiger charge is 2.29. The highest BCUT2D eigenvalue weighted by Crippen LogP contribution is 2.35. The number of aromatic nitrogens is 1. The Kier molecular flexibility index (Phi) is 5.30. The predicted octanol–water partition coefficient (Wildman–Crippen LogP) is 2.69. The van der Waals surface area contributed by atoms with Gasteiger partial charge in [-0.1, -0.05) is 0 Å². The van der Waals surface area contributed by atoms with Crippen molar-refractivity contribution in [1.82, 2.24) is 9.88 Å². The van der Waals surface area contributed by atoms with E-state index in [9.17, 15) is 14.0 Å². The lowest BCUT2D eigenvalue weighted by atomic mass is 9.90. The summed E-state index contributed by atoms with van der Waals surface area (Å²) in [4.78, 5) is 34.2. The second-order valence-electron chi connectivity index (χ2n) is 7.30. The van der Waals surface area contributed by atoms with Crippen molar-refractivity contribution < 1.29 is 14.0 Å². The van der Waals surface area contributed by atoms with E-state index in [-0.39, 0.29) is 23.5 Å². The summed E-state index contributed by atoms with van der Waals surface area (Å²) in [5.74, 6) is -0.322. The Morgan fingerprint density at radius 2 is 1.89 bits per heavy atom. The molecule has 1 unspecified atom stereocenters. The molecule has 2 aliphatic rings. The summed E-state index contributed by atoms with van der Waals surface area (Å²) >= 11 is 1.66. The van der Waals surface area contributed by atoms with Crippen LogP contribution in [-0.2, 0) is 22.4 Å². The number of hydrogen-bond acceptors (Lipinski definition) is 5. The van der Waals surface area contributed by atoms with Gasteiger partial charge >= 0.3 is 0 Å². The molecule has 1 atom stereocenters. The third-order valence-electron chi connectivity index (χ3n) is 5.41. The fraction of sp³-hybridized carbons (Fsp3) is 0.450. The average molecular weight is 402 g/mol. The maximum atomic E-state index is 13.0. The fourth-order valence-corrected chi connectivity index (χ4v) is 4.95. The first kappa shape index (κ1) is 18.9. The van der Waals surface area contributed by atoms with Gasteiger partial charge in [-0.15, -0.1) is 11.3 Å². The van der Waals surface area contributed by atoms with Gasteiger partial charge in [0, 0.05) is 49.6 Å². The molecular formula is C20H23FN4O2S. The third kappa shape index (κ3) is 4.01. The Morgan fingerprint density at radius 3 is 2.57 bits per heavy atom. The zero-order chi connectivity index (χ0) is 19.7. The van der Waals surface area contributed by atoms with E-state index in [1.54, 1.807) is 30.4 Å². The molecule has 8 heteroatoms. The number of fused-ring (bicyclic) bond motifs is 1. The van der Waals surface area contributed by atoms with Crippen molar-refractivity contribution in [2.45, 2.75) is 26.2 Å². The van der Waals surface area contributed by atoms with Crippen LogP contribution in [0.2, 0.25) is 0 Å². The first-order valence-electron chi connectivity index (χ1n) is 9.55. The van der Waals surface area contributed by atoms with Gasteiger partial charge in [0.25, 0.3) is 0 Å². The van der Waals surface area contributed by atoms with Gasteiger partial charge in [0.05, 0.1) is 5.69 Å². The van der Waals surface area contributed by atoms with Crippen LogP contribution >= 0.6 is 11.3 Å². The molecule has 1 fully saturated rings. The predicted molar refractivity (Wildman–Crippen MR) is 107 cm³/mol. The molecule has 1 N–H and O–H groups in total. The van der Waals surface area contributed by atoms with Gasteiger partial charge in [0.2, 0.25) is 11.8 Å². The summed E-state index contributed by atoms with van der Waals surface area (Å²) in [6, 6.07) is 5.84. The van der Waals surface area contributed by atoms with Crippen molar-refractivity contribution in [1.29, 1.82) is 0 Å². The molecular weight excluding hydrogens is 379 g/mol. The first-order chi connectivity index (χ1) is 13.5. The second kappa shape index (κ2) is 7.87. The number of anilines is 2. The number of rotatable bonds is 3. The maximum absolute atomic E-state index is 13.0. The van der Waals surface area contributed by atoms with E-state index in [1.165, 1.54) is 17.0 Å². The molecule has 1 aromatic carbocycles. The molecule has 6 nitrogen and oxygen atoms in total. The topological polar surface area (TPSA) is 65.5 Å². The average Bonchev–Trinajstić information content (AvgIpc) is 3.13. The lowest BCUT2D eigenvalue weighted by Gasteiger charge is -2.33. The van der Waals surface area contributed by atoms with Gasteiger partial charge in [0.15, 0.2) is 5.13 Å². The number of piperazine rings is 1. The highest BCUT2D eigenvalue weighted by molar-refractivity contribution is 7.15. The summed E-state index contributed by atoms with van der Waals surface area (Å²) in [5.41, 5.74) is 1.71. The summed E-state index contributed by atoms with van der Waals surface area (Å²) in [6.45, 7) is 4.64. The highest BCUT2D eigenvalue weighted by atomic mass is 32.1. The number of hydrogen-bond donors (Lipinski definition) is 1. The number of carbonyl (C=O) groups is 2. The van der Waals surface area contributed by atoms with Gasteiger partial charge in [0.1, 0.15) is 5.82 Å². The number of thiazole rings is 1. The molecule has 1 aliphatic heterocycles. The van der Waals surface area contributed by atoms with Gasteiger partial charge in [-0.05, 0) is 43.5 Å². The van der Waals surface area contributed by atoms with E-state index in [1.807, 2.05) is 4.90 Å². The number of aryl methyl sites for hydroxylation is 1. The standard InChI is InChI=1S/C20H23FN4O2S/c1-13(26)24-8-10-25(11-9-24)20-23-17-7-2-14(12-18(17)28-20)19(27)22-16-5-3-15(21)4-6-16/h3-6,14H,2,7-12H2,1H3,(H,22,27). The van der Waals surface area contributed by atoms with Crippen molar-refractivity contribution in [3.05, 3.63) is 40.7 Å². The van der Waals surface area contributed by atoms with Crippen LogP contribution < -0.4 is 10.2 Å². The number of nitrogens with zero attached hydrogens (tertiary/aromatic N) is 3. The minimum atomic E-state index is -0.318. The van der Waals surface area contributed by atoms with Crippen LogP contribution in [-0.4, -0.2) is 47.9 Å². The molecule has 2 amide bonds. The van der Waals surface area contributed by atoms with Crippen LogP contribution in [0.3, 0.4) is 0 Å².